The van der Waals surface area contributed by atoms with E-state index in [2.05, 4.69) is 41.7 Å². The third-order valence-corrected chi connectivity index (χ3v) is 14.2. The minimum Gasteiger partial charge on any atom is -0.359 e. The van der Waals surface area contributed by atoms with Gasteiger partial charge >= 0.3 is 0 Å². The first-order chi connectivity index (χ1) is 27.0. The lowest BCUT2D eigenvalue weighted by atomic mass is 9.79. The second-order valence-electron chi connectivity index (χ2n) is 14.6. The third kappa shape index (κ3) is 7.94. The highest BCUT2D eigenvalue weighted by Gasteiger charge is 2.24. The van der Waals surface area contributed by atoms with Crippen LogP contribution in [-0.4, -0.2) is 22.5 Å². The van der Waals surface area contributed by atoms with E-state index in [1.807, 2.05) is 86.6 Å². The van der Waals surface area contributed by atoms with Crippen molar-refractivity contribution in [2.45, 2.75) is 59.1 Å². The normalized spacial score (nSPS) is 16.5. The predicted molar refractivity (Wildman–Crippen MR) is 226 cm³/mol. The molecule has 1 unspecified atom stereocenters. The standard InChI is InChI=1S/C48H42N2O4S2/c1-33-3-23-45(24-4-33)55(51,52)47-27-13-37(14-28-47)35-7-17-41(18-8-35)49-43-21-11-39-12-22-44(32-40(39)31-43)50-42-19-9-36(10-20-42)38-15-29-48(30-16-38)56(53,54)46-25-5-34(2)6-26-46/h3-10,13-20,23-32,39,49H,11-12,21-22H2,1-2H3. The quantitative estimate of drug-likeness (QED) is 0.158. The maximum Gasteiger partial charge on any atom is 0.206 e. The van der Waals surface area contributed by atoms with E-state index in [4.69, 9.17) is 4.99 Å². The Bertz CT molecular complexity index is 2700. The summed E-state index contributed by atoms with van der Waals surface area (Å²) >= 11 is 0. The molecule has 6 aromatic carbocycles. The van der Waals surface area contributed by atoms with E-state index in [1.54, 1.807) is 48.5 Å². The molecule has 1 atom stereocenters. The molecule has 0 aromatic heterocycles. The van der Waals surface area contributed by atoms with Crippen LogP contribution in [0.2, 0.25) is 0 Å². The Hall–Kier alpha value is -5.83. The monoisotopic (exact) mass is 774 g/mol. The summed E-state index contributed by atoms with van der Waals surface area (Å²) in [7, 11) is -7.15. The number of allylic oxidation sites excluding steroid dienone is 4. The largest absolute Gasteiger partial charge is 0.359 e. The lowest BCUT2D eigenvalue weighted by Gasteiger charge is -2.29. The smallest absolute Gasteiger partial charge is 0.206 e. The molecule has 8 rings (SSSR count). The van der Waals surface area contributed by atoms with Crippen LogP contribution in [0.25, 0.3) is 22.3 Å². The van der Waals surface area contributed by atoms with Gasteiger partial charge in [0, 0.05) is 17.1 Å². The van der Waals surface area contributed by atoms with E-state index in [1.165, 1.54) is 11.3 Å². The number of hydrogen-bond acceptors (Lipinski definition) is 6. The fraction of sp³-hybridized carbons (Fsp3) is 0.146. The third-order valence-electron chi connectivity index (χ3n) is 10.6. The summed E-state index contributed by atoms with van der Waals surface area (Å²) in [5, 5.41) is 3.62. The molecule has 0 amide bonds. The Morgan fingerprint density at radius 2 is 0.875 bits per heavy atom. The molecule has 0 spiro atoms. The van der Waals surface area contributed by atoms with E-state index in [-0.39, 0.29) is 9.79 Å². The number of hydrogen-bond donors (Lipinski definition) is 1. The van der Waals surface area contributed by atoms with Crippen molar-refractivity contribution in [3.05, 3.63) is 180 Å². The van der Waals surface area contributed by atoms with Crippen LogP contribution in [0, 0.1) is 19.8 Å². The van der Waals surface area contributed by atoms with Crippen molar-refractivity contribution in [2.24, 2.45) is 10.9 Å². The van der Waals surface area contributed by atoms with Gasteiger partial charge in [-0.15, -0.1) is 0 Å². The topological polar surface area (TPSA) is 92.7 Å². The van der Waals surface area contributed by atoms with Crippen molar-refractivity contribution in [3.8, 4) is 22.3 Å². The number of benzene rings is 6. The van der Waals surface area contributed by atoms with Gasteiger partial charge in [-0.1, -0.05) is 83.9 Å². The van der Waals surface area contributed by atoms with E-state index in [0.29, 0.717) is 15.7 Å². The zero-order chi connectivity index (χ0) is 38.9. The summed E-state index contributed by atoms with van der Waals surface area (Å²) in [5.74, 6) is 0.528. The Morgan fingerprint density at radius 3 is 1.34 bits per heavy atom. The summed E-state index contributed by atoms with van der Waals surface area (Å²) in [6.45, 7) is 3.87. The molecular weight excluding hydrogens is 733 g/mol. The highest BCUT2D eigenvalue weighted by atomic mass is 32.2. The fourth-order valence-corrected chi connectivity index (χ4v) is 9.84. The van der Waals surface area contributed by atoms with Crippen molar-refractivity contribution in [2.75, 3.05) is 5.32 Å². The molecule has 1 N–H and O–H groups in total. The zero-order valence-electron chi connectivity index (χ0n) is 31.3. The number of anilines is 1. The van der Waals surface area contributed by atoms with Gasteiger partial charge in [0.05, 0.1) is 25.3 Å². The van der Waals surface area contributed by atoms with Crippen LogP contribution in [0.4, 0.5) is 11.4 Å². The first kappa shape index (κ1) is 37.1. The SMILES string of the molecule is Cc1ccc(S(=O)(=O)c2ccc(-c3ccc(N=C4C=C5C=C(Nc6ccc(-c7ccc(S(=O)(=O)c8ccc(C)cc8)cc7)cc6)CCC5CC4)cc3)cc2)cc1. The summed E-state index contributed by atoms with van der Waals surface area (Å²) in [4.78, 5) is 6.14. The molecule has 0 radical (unpaired) electrons. The average Bonchev–Trinajstić information content (AvgIpc) is 3.22. The second kappa shape index (κ2) is 15.4. The van der Waals surface area contributed by atoms with Gasteiger partial charge in [-0.2, -0.15) is 0 Å². The van der Waals surface area contributed by atoms with Crippen molar-refractivity contribution < 1.29 is 16.8 Å². The molecule has 2 aliphatic carbocycles. The van der Waals surface area contributed by atoms with Gasteiger partial charge in [-0.05, 0) is 158 Å². The maximum atomic E-state index is 13.1. The first-order valence-corrected chi connectivity index (χ1v) is 21.8. The van der Waals surface area contributed by atoms with E-state index >= 15 is 0 Å². The van der Waals surface area contributed by atoms with E-state index in [9.17, 15) is 16.8 Å². The van der Waals surface area contributed by atoms with Gasteiger partial charge in [-0.25, -0.2) is 16.8 Å². The van der Waals surface area contributed by atoms with Crippen molar-refractivity contribution >= 4 is 36.8 Å². The van der Waals surface area contributed by atoms with Crippen molar-refractivity contribution in [1.82, 2.24) is 0 Å². The van der Waals surface area contributed by atoms with Gasteiger partial charge in [0.1, 0.15) is 0 Å². The molecule has 0 fully saturated rings. The van der Waals surface area contributed by atoms with Gasteiger partial charge in [-0.3, -0.25) is 4.99 Å². The van der Waals surface area contributed by atoms with Gasteiger partial charge in [0.15, 0.2) is 0 Å². The molecule has 56 heavy (non-hydrogen) atoms. The van der Waals surface area contributed by atoms with Crippen LogP contribution in [0.1, 0.15) is 36.8 Å². The van der Waals surface area contributed by atoms with Crippen LogP contribution >= 0.6 is 0 Å². The van der Waals surface area contributed by atoms with Crippen LogP contribution in [-0.2, 0) is 19.7 Å². The summed E-state index contributed by atoms with van der Waals surface area (Å²) in [6.07, 6.45) is 8.59. The molecule has 2 aliphatic rings. The lowest BCUT2D eigenvalue weighted by molar-refractivity contribution is 0.515. The highest BCUT2D eigenvalue weighted by molar-refractivity contribution is 7.91. The second-order valence-corrected chi connectivity index (χ2v) is 18.5. The molecule has 0 heterocycles. The minimum atomic E-state index is -3.57. The van der Waals surface area contributed by atoms with E-state index < -0.39 is 19.7 Å². The number of rotatable bonds is 9. The van der Waals surface area contributed by atoms with Crippen LogP contribution in [0.3, 0.4) is 0 Å². The first-order valence-electron chi connectivity index (χ1n) is 18.8. The number of sulfone groups is 2. The molecular formula is C48H42N2O4S2. The molecule has 280 valence electrons. The summed E-state index contributed by atoms with van der Waals surface area (Å²) in [5.41, 5.74) is 11.4. The average molecular weight is 775 g/mol. The minimum absolute atomic E-state index is 0.277. The predicted octanol–water partition coefficient (Wildman–Crippen LogP) is 11.5. The lowest BCUT2D eigenvalue weighted by Crippen LogP contribution is -2.18. The Kier molecular flexibility index (Phi) is 10.2. The Morgan fingerprint density at radius 1 is 0.482 bits per heavy atom. The molecule has 0 aliphatic heterocycles. The van der Waals surface area contributed by atoms with Crippen LogP contribution < -0.4 is 5.32 Å². The van der Waals surface area contributed by atoms with Crippen molar-refractivity contribution in [1.29, 1.82) is 0 Å². The number of fused-ring (bicyclic) bond motifs is 1. The Labute approximate surface area is 329 Å². The van der Waals surface area contributed by atoms with Gasteiger partial charge in [0.25, 0.3) is 0 Å². The molecule has 0 saturated heterocycles. The van der Waals surface area contributed by atoms with E-state index in [0.717, 1.165) is 76.2 Å². The summed E-state index contributed by atoms with van der Waals surface area (Å²) in [6, 6.07) is 44.3. The maximum absolute atomic E-state index is 13.1. The molecule has 8 heteroatoms. The van der Waals surface area contributed by atoms with Crippen LogP contribution in [0.5, 0.6) is 0 Å². The number of aliphatic imine (C=N–C) groups is 1. The molecule has 0 saturated carbocycles. The van der Waals surface area contributed by atoms with Crippen LogP contribution in [0.15, 0.2) is 194 Å². The van der Waals surface area contributed by atoms with Gasteiger partial charge < -0.3 is 5.32 Å². The highest BCUT2D eigenvalue weighted by Crippen LogP contribution is 2.36. The zero-order valence-corrected chi connectivity index (χ0v) is 32.9. The van der Waals surface area contributed by atoms with Gasteiger partial charge in [0.2, 0.25) is 19.7 Å². The Balaban J connectivity index is 0.914. The van der Waals surface area contributed by atoms with Crippen molar-refractivity contribution in [3.63, 3.8) is 0 Å². The molecule has 6 nitrogen and oxygen atoms in total. The number of aryl methyl sites for hydroxylation is 2. The fourth-order valence-electron chi connectivity index (χ4n) is 7.32. The molecule has 0 bridgehead atoms. The number of nitrogens with zero attached hydrogens (tertiary/aromatic N) is 1. The summed E-state index contributed by atoms with van der Waals surface area (Å²) < 4.78 is 52.4. The molecule has 6 aromatic rings. The number of nitrogens with one attached hydrogen (secondary N) is 1.